The van der Waals surface area contributed by atoms with Crippen LogP contribution in [0.25, 0.3) is 6.08 Å². The molecule has 0 amide bonds. The molecule has 0 aliphatic carbocycles. The molecule has 0 radical (unpaired) electrons. The standard InChI is InChI=1S/C26H25FN2O/c1-26(2)18-29(17-19-11-13-21(27)14-12-19)24(20-8-4-3-5-9-20)23(25(26)30)16-22-10-6-7-15-28-22/h3-16,24H,17-18H2,1-2H3/b23-16+. The summed E-state index contributed by atoms with van der Waals surface area (Å²) in [5.41, 5.74) is 3.04. The van der Waals surface area contributed by atoms with Gasteiger partial charge in [0.05, 0.1) is 11.7 Å². The van der Waals surface area contributed by atoms with Crippen molar-refractivity contribution in [1.29, 1.82) is 0 Å². The number of pyridine rings is 1. The van der Waals surface area contributed by atoms with Crippen LogP contribution in [0.1, 0.15) is 36.7 Å². The Balaban J connectivity index is 1.81. The molecule has 1 aliphatic heterocycles. The minimum atomic E-state index is -0.536. The lowest BCUT2D eigenvalue weighted by atomic mass is 9.74. The van der Waals surface area contributed by atoms with Gasteiger partial charge in [-0.2, -0.15) is 0 Å². The van der Waals surface area contributed by atoms with E-state index in [2.05, 4.69) is 22.0 Å². The predicted molar refractivity (Wildman–Crippen MR) is 117 cm³/mol. The third kappa shape index (κ3) is 4.24. The summed E-state index contributed by atoms with van der Waals surface area (Å²) in [6.45, 7) is 5.21. The van der Waals surface area contributed by atoms with E-state index in [4.69, 9.17) is 0 Å². The second-order valence-corrected chi connectivity index (χ2v) is 8.41. The fraction of sp³-hybridized carbons (Fsp3) is 0.231. The molecule has 1 aromatic heterocycles. The summed E-state index contributed by atoms with van der Waals surface area (Å²) >= 11 is 0. The van der Waals surface area contributed by atoms with Gasteiger partial charge in [-0.25, -0.2) is 4.39 Å². The first-order chi connectivity index (χ1) is 14.4. The molecule has 30 heavy (non-hydrogen) atoms. The third-order valence-corrected chi connectivity index (χ3v) is 5.54. The first kappa shape index (κ1) is 20.2. The zero-order valence-electron chi connectivity index (χ0n) is 17.3. The zero-order valence-corrected chi connectivity index (χ0v) is 17.3. The lowest BCUT2D eigenvalue weighted by molar-refractivity contribution is -0.128. The third-order valence-electron chi connectivity index (χ3n) is 5.54. The number of hydrogen-bond donors (Lipinski definition) is 0. The molecule has 0 N–H and O–H groups in total. The first-order valence-electron chi connectivity index (χ1n) is 10.1. The number of aromatic nitrogens is 1. The van der Waals surface area contributed by atoms with Crippen molar-refractivity contribution >= 4 is 11.9 Å². The molecule has 0 bridgehead atoms. The van der Waals surface area contributed by atoms with E-state index < -0.39 is 5.41 Å². The van der Waals surface area contributed by atoms with Crippen molar-refractivity contribution in [2.45, 2.75) is 26.4 Å². The van der Waals surface area contributed by atoms with Gasteiger partial charge in [0.2, 0.25) is 0 Å². The Kier molecular flexibility index (Phi) is 5.60. The number of benzene rings is 2. The van der Waals surface area contributed by atoms with Gasteiger partial charge in [-0.05, 0) is 41.5 Å². The van der Waals surface area contributed by atoms with Crippen LogP contribution in [0, 0.1) is 11.2 Å². The fourth-order valence-corrected chi connectivity index (χ4v) is 4.14. The molecule has 1 aliphatic rings. The monoisotopic (exact) mass is 400 g/mol. The Morgan fingerprint density at radius 1 is 1.03 bits per heavy atom. The predicted octanol–water partition coefficient (Wildman–Crippen LogP) is 5.46. The average Bonchev–Trinajstić information content (AvgIpc) is 2.75. The van der Waals surface area contributed by atoms with Crippen molar-refractivity contribution in [2.75, 3.05) is 6.54 Å². The summed E-state index contributed by atoms with van der Waals surface area (Å²) in [5, 5.41) is 0. The van der Waals surface area contributed by atoms with Crippen LogP contribution >= 0.6 is 0 Å². The molecule has 1 saturated heterocycles. The van der Waals surface area contributed by atoms with Gasteiger partial charge in [-0.15, -0.1) is 0 Å². The van der Waals surface area contributed by atoms with Gasteiger partial charge in [0.15, 0.2) is 5.78 Å². The van der Waals surface area contributed by atoms with Gasteiger partial charge < -0.3 is 0 Å². The van der Waals surface area contributed by atoms with E-state index in [1.165, 1.54) is 12.1 Å². The van der Waals surface area contributed by atoms with Crippen LogP contribution in [-0.4, -0.2) is 22.2 Å². The van der Waals surface area contributed by atoms with Crippen LogP contribution < -0.4 is 0 Å². The molecule has 3 aromatic rings. The molecule has 1 fully saturated rings. The number of rotatable bonds is 4. The van der Waals surface area contributed by atoms with Crippen LogP contribution in [0.2, 0.25) is 0 Å². The molecule has 152 valence electrons. The summed E-state index contributed by atoms with van der Waals surface area (Å²) in [5.74, 6) is -0.111. The molecule has 4 rings (SSSR count). The highest BCUT2D eigenvalue weighted by Crippen LogP contribution is 2.42. The van der Waals surface area contributed by atoms with Gasteiger partial charge >= 0.3 is 0 Å². The molecular weight excluding hydrogens is 375 g/mol. The Morgan fingerprint density at radius 2 is 1.73 bits per heavy atom. The van der Waals surface area contributed by atoms with E-state index in [1.807, 2.05) is 68.5 Å². The number of ketones is 1. The minimum Gasteiger partial charge on any atom is -0.294 e. The van der Waals surface area contributed by atoms with E-state index in [0.29, 0.717) is 13.1 Å². The average molecular weight is 400 g/mol. The van der Waals surface area contributed by atoms with Crippen LogP contribution in [-0.2, 0) is 11.3 Å². The van der Waals surface area contributed by atoms with Crippen LogP contribution in [0.3, 0.4) is 0 Å². The highest BCUT2D eigenvalue weighted by molar-refractivity contribution is 6.05. The number of likely N-dealkylation sites (tertiary alicyclic amines) is 1. The lowest BCUT2D eigenvalue weighted by Crippen LogP contribution is -2.49. The molecule has 2 heterocycles. The number of carbonyl (C=O) groups is 1. The Morgan fingerprint density at radius 3 is 2.40 bits per heavy atom. The van der Waals surface area contributed by atoms with Gasteiger partial charge in [-0.1, -0.05) is 62.4 Å². The largest absolute Gasteiger partial charge is 0.294 e. The van der Waals surface area contributed by atoms with Crippen LogP contribution in [0.5, 0.6) is 0 Å². The molecule has 2 aromatic carbocycles. The number of piperidine rings is 1. The minimum absolute atomic E-state index is 0.136. The summed E-state index contributed by atoms with van der Waals surface area (Å²) in [7, 11) is 0. The maximum Gasteiger partial charge on any atom is 0.167 e. The van der Waals surface area contributed by atoms with Gasteiger partial charge in [0.25, 0.3) is 0 Å². The molecule has 4 heteroatoms. The van der Waals surface area contributed by atoms with Gasteiger partial charge in [-0.3, -0.25) is 14.7 Å². The summed E-state index contributed by atoms with van der Waals surface area (Å²) < 4.78 is 13.4. The molecule has 0 spiro atoms. The lowest BCUT2D eigenvalue weighted by Gasteiger charge is -2.44. The highest BCUT2D eigenvalue weighted by Gasteiger charge is 2.43. The second-order valence-electron chi connectivity index (χ2n) is 8.41. The first-order valence-corrected chi connectivity index (χ1v) is 10.1. The quantitative estimate of drug-likeness (QED) is 0.546. The van der Waals surface area contributed by atoms with E-state index in [1.54, 1.807) is 6.20 Å². The van der Waals surface area contributed by atoms with Crippen LogP contribution in [0.4, 0.5) is 4.39 Å². The number of nitrogens with zero attached hydrogens (tertiary/aromatic N) is 2. The molecule has 1 atom stereocenters. The molecular formula is C26H25FN2O. The van der Waals surface area contributed by atoms with E-state index in [-0.39, 0.29) is 17.6 Å². The molecule has 1 unspecified atom stereocenters. The van der Waals surface area contributed by atoms with Gasteiger partial charge in [0, 0.05) is 30.3 Å². The summed E-state index contributed by atoms with van der Waals surface area (Å²) in [6, 6.07) is 22.2. The van der Waals surface area contributed by atoms with E-state index in [9.17, 15) is 9.18 Å². The topological polar surface area (TPSA) is 33.2 Å². The van der Waals surface area contributed by atoms with Crippen molar-refractivity contribution < 1.29 is 9.18 Å². The van der Waals surface area contributed by atoms with Crippen molar-refractivity contribution in [3.05, 3.63) is 107 Å². The molecule has 0 saturated carbocycles. The SMILES string of the molecule is CC1(C)CN(Cc2ccc(F)cc2)C(c2ccccc2)/C(=C\c2ccccn2)C1=O. The highest BCUT2D eigenvalue weighted by atomic mass is 19.1. The van der Waals surface area contributed by atoms with E-state index >= 15 is 0 Å². The smallest absolute Gasteiger partial charge is 0.167 e. The van der Waals surface area contributed by atoms with Crippen molar-refractivity contribution in [1.82, 2.24) is 9.88 Å². The second kappa shape index (κ2) is 8.33. The van der Waals surface area contributed by atoms with E-state index in [0.717, 1.165) is 22.4 Å². The maximum absolute atomic E-state index is 13.5. The molecule has 3 nitrogen and oxygen atoms in total. The van der Waals surface area contributed by atoms with Crippen LogP contribution in [0.15, 0.2) is 84.6 Å². The summed E-state index contributed by atoms with van der Waals surface area (Å²) in [4.78, 5) is 20.2. The maximum atomic E-state index is 13.5. The zero-order chi connectivity index (χ0) is 21.1. The number of halogens is 1. The number of Topliss-reactive ketones (excluding diaryl/α,β-unsaturated/α-hetero) is 1. The van der Waals surface area contributed by atoms with Crippen molar-refractivity contribution in [2.24, 2.45) is 5.41 Å². The van der Waals surface area contributed by atoms with Crippen molar-refractivity contribution in [3.63, 3.8) is 0 Å². The number of carbonyl (C=O) groups excluding carboxylic acids is 1. The Hall–Kier alpha value is -3.11. The van der Waals surface area contributed by atoms with Gasteiger partial charge in [0.1, 0.15) is 5.82 Å². The number of hydrogen-bond acceptors (Lipinski definition) is 3. The fourth-order valence-electron chi connectivity index (χ4n) is 4.14. The Bertz CT molecular complexity index is 1040. The van der Waals surface area contributed by atoms with Crippen molar-refractivity contribution in [3.8, 4) is 0 Å². The Labute approximate surface area is 176 Å². The normalized spacial score (nSPS) is 20.4. The summed E-state index contributed by atoms with van der Waals surface area (Å²) in [6.07, 6.45) is 3.65.